The Labute approximate surface area is 148 Å². The smallest absolute Gasteiger partial charge is 0.151 e. The lowest BCUT2D eigenvalue weighted by Gasteiger charge is -2.48. The molecule has 0 spiro atoms. The van der Waals surface area contributed by atoms with Crippen molar-refractivity contribution in [1.29, 1.82) is 0 Å². The molecule has 1 saturated heterocycles. The van der Waals surface area contributed by atoms with E-state index >= 15 is 0 Å². The minimum atomic E-state index is -0.706. The Morgan fingerprint density at radius 3 is 2.40 bits per heavy atom. The second-order valence-corrected chi connectivity index (χ2v) is 7.69. The molecule has 0 bridgehead atoms. The first-order valence-corrected chi connectivity index (χ1v) is 9.20. The highest BCUT2D eigenvalue weighted by Gasteiger charge is 2.38. The maximum atomic E-state index is 13.6. The second kappa shape index (κ2) is 7.46. The number of anilines is 2. The van der Waals surface area contributed by atoms with Gasteiger partial charge in [-0.05, 0) is 51.5 Å². The lowest BCUT2D eigenvalue weighted by molar-refractivity contribution is -0.0105. The molecule has 1 aliphatic heterocycles. The highest BCUT2D eigenvalue weighted by atomic mass is 19.1. The van der Waals surface area contributed by atoms with Gasteiger partial charge in [0.25, 0.3) is 0 Å². The van der Waals surface area contributed by atoms with Crippen LogP contribution in [0.3, 0.4) is 0 Å². The molecule has 25 heavy (non-hydrogen) atoms. The van der Waals surface area contributed by atoms with Gasteiger partial charge in [-0.1, -0.05) is 0 Å². The number of likely N-dealkylation sites (tertiary alicyclic amines) is 1. The zero-order chi connectivity index (χ0) is 18.0. The van der Waals surface area contributed by atoms with Crippen LogP contribution in [-0.2, 0) is 4.74 Å². The Morgan fingerprint density at radius 2 is 1.80 bits per heavy atom. The molecule has 1 saturated carbocycles. The van der Waals surface area contributed by atoms with Gasteiger partial charge in [0, 0.05) is 37.8 Å². The molecule has 1 aliphatic carbocycles. The fourth-order valence-corrected chi connectivity index (χ4v) is 4.25. The fourth-order valence-electron chi connectivity index (χ4n) is 4.25. The SMILES string of the molecule is CO[C@H]1CC[C@](C)(N2CCC(Nc3cc(F)cc(F)c3N)CC2)CC1. The van der Waals surface area contributed by atoms with Gasteiger partial charge >= 0.3 is 0 Å². The lowest BCUT2D eigenvalue weighted by atomic mass is 9.79. The van der Waals surface area contributed by atoms with Crippen molar-refractivity contribution in [2.45, 2.75) is 63.1 Å². The van der Waals surface area contributed by atoms with E-state index in [9.17, 15) is 8.78 Å². The summed E-state index contributed by atoms with van der Waals surface area (Å²) in [7, 11) is 1.80. The van der Waals surface area contributed by atoms with Crippen LogP contribution in [0.25, 0.3) is 0 Å². The summed E-state index contributed by atoms with van der Waals surface area (Å²) in [5.74, 6) is -1.31. The fraction of sp³-hybridized carbons (Fsp3) is 0.684. The molecule has 0 amide bonds. The third kappa shape index (κ3) is 4.06. The van der Waals surface area contributed by atoms with Crippen LogP contribution in [-0.4, -0.2) is 42.8 Å². The van der Waals surface area contributed by atoms with Crippen molar-refractivity contribution < 1.29 is 13.5 Å². The van der Waals surface area contributed by atoms with Crippen molar-refractivity contribution in [1.82, 2.24) is 4.90 Å². The summed E-state index contributed by atoms with van der Waals surface area (Å²) < 4.78 is 32.5. The summed E-state index contributed by atoms with van der Waals surface area (Å²) >= 11 is 0. The summed E-state index contributed by atoms with van der Waals surface area (Å²) in [6, 6.07) is 2.29. The van der Waals surface area contributed by atoms with Gasteiger partial charge in [-0.15, -0.1) is 0 Å². The third-order valence-corrected chi connectivity index (χ3v) is 6.06. The van der Waals surface area contributed by atoms with E-state index in [2.05, 4.69) is 17.1 Å². The van der Waals surface area contributed by atoms with E-state index in [4.69, 9.17) is 10.5 Å². The molecule has 1 aromatic rings. The van der Waals surface area contributed by atoms with Gasteiger partial charge in [-0.25, -0.2) is 8.78 Å². The Morgan fingerprint density at radius 1 is 1.16 bits per heavy atom. The number of benzene rings is 1. The van der Waals surface area contributed by atoms with E-state index in [0.29, 0.717) is 11.8 Å². The van der Waals surface area contributed by atoms with Gasteiger partial charge in [0.15, 0.2) is 5.82 Å². The number of nitrogen functional groups attached to an aromatic ring is 1. The van der Waals surface area contributed by atoms with Crippen LogP contribution in [0.4, 0.5) is 20.2 Å². The number of nitrogens with two attached hydrogens (primary N) is 1. The van der Waals surface area contributed by atoms with Crippen molar-refractivity contribution >= 4 is 11.4 Å². The minimum absolute atomic E-state index is 0.00585. The van der Waals surface area contributed by atoms with E-state index in [1.54, 1.807) is 7.11 Å². The summed E-state index contributed by atoms with van der Waals surface area (Å²) in [4.78, 5) is 2.58. The van der Waals surface area contributed by atoms with Crippen LogP contribution in [0.1, 0.15) is 45.4 Å². The molecule has 2 fully saturated rings. The third-order valence-electron chi connectivity index (χ3n) is 6.06. The van der Waals surface area contributed by atoms with E-state index in [1.165, 1.54) is 6.07 Å². The van der Waals surface area contributed by atoms with Gasteiger partial charge < -0.3 is 15.8 Å². The van der Waals surface area contributed by atoms with Crippen LogP contribution < -0.4 is 11.1 Å². The molecule has 0 radical (unpaired) electrons. The predicted octanol–water partition coefficient (Wildman–Crippen LogP) is 3.77. The van der Waals surface area contributed by atoms with Crippen LogP contribution in [0.15, 0.2) is 12.1 Å². The molecule has 4 nitrogen and oxygen atoms in total. The zero-order valence-electron chi connectivity index (χ0n) is 15.2. The zero-order valence-corrected chi connectivity index (χ0v) is 15.2. The topological polar surface area (TPSA) is 50.5 Å². The van der Waals surface area contributed by atoms with Crippen molar-refractivity contribution in [2.24, 2.45) is 0 Å². The highest BCUT2D eigenvalue weighted by molar-refractivity contribution is 5.67. The number of methoxy groups -OCH3 is 1. The molecule has 2 aliphatic rings. The normalized spacial score (nSPS) is 28.9. The molecule has 140 valence electrons. The van der Waals surface area contributed by atoms with Crippen LogP contribution in [0.2, 0.25) is 0 Å². The average Bonchev–Trinajstić information content (AvgIpc) is 2.60. The van der Waals surface area contributed by atoms with Gasteiger partial charge in [0.1, 0.15) is 5.82 Å². The molecule has 0 atom stereocenters. The number of nitrogens with one attached hydrogen (secondary N) is 1. The Hall–Kier alpha value is -1.40. The van der Waals surface area contributed by atoms with E-state index < -0.39 is 11.6 Å². The first-order valence-electron chi connectivity index (χ1n) is 9.20. The average molecular weight is 353 g/mol. The van der Waals surface area contributed by atoms with E-state index in [-0.39, 0.29) is 17.3 Å². The predicted molar refractivity (Wildman–Crippen MR) is 96.7 cm³/mol. The van der Waals surface area contributed by atoms with E-state index in [0.717, 1.165) is 57.7 Å². The van der Waals surface area contributed by atoms with Gasteiger partial charge in [-0.3, -0.25) is 4.90 Å². The maximum Gasteiger partial charge on any atom is 0.151 e. The Balaban J connectivity index is 1.56. The first kappa shape index (κ1) is 18.4. The Kier molecular flexibility index (Phi) is 5.49. The number of hydrogen-bond donors (Lipinski definition) is 2. The summed E-state index contributed by atoms with van der Waals surface area (Å²) in [6.07, 6.45) is 6.84. The number of piperidine rings is 1. The molecule has 0 aromatic heterocycles. The number of rotatable bonds is 4. The molecular weight excluding hydrogens is 324 g/mol. The number of nitrogens with zero attached hydrogens (tertiary/aromatic N) is 1. The monoisotopic (exact) mass is 353 g/mol. The first-order chi connectivity index (χ1) is 11.9. The lowest BCUT2D eigenvalue weighted by Crippen LogP contribution is -2.53. The molecular formula is C19H29F2N3O. The summed E-state index contributed by atoms with van der Waals surface area (Å²) in [5, 5.41) is 3.23. The highest BCUT2D eigenvalue weighted by Crippen LogP contribution is 2.36. The molecule has 6 heteroatoms. The van der Waals surface area contributed by atoms with Crippen molar-refractivity contribution in [3.05, 3.63) is 23.8 Å². The molecule has 1 aromatic carbocycles. The van der Waals surface area contributed by atoms with Crippen LogP contribution >= 0.6 is 0 Å². The summed E-state index contributed by atoms with van der Waals surface area (Å²) in [5.41, 5.74) is 6.33. The van der Waals surface area contributed by atoms with Crippen molar-refractivity contribution in [2.75, 3.05) is 31.2 Å². The summed E-state index contributed by atoms with van der Waals surface area (Å²) in [6.45, 7) is 4.33. The largest absolute Gasteiger partial charge is 0.395 e. The Bertz CT molecular complexity index is 595. The van der Waals surface area contributed by atoms with Crippen LogP contribution in [0, 0.1) is 11.6 Å². The van der Waals surface area contributed by atoms with Crippen molar-refractivity contribution in [3.8, 4) is 0 Å². The van der Waals surface area contributed by atoms with Crippen molar-refractivity contribution in [3.63, 3.8) is 0 Å². The quantitative estimate of drug-likeness (QED) is 0.809. The van der Waals surface area contributed by atoms with Gasteiger partial charge in [0.05, 0.1) is 17.5 Å². The minimum Gasteiger partial charge on any atom is -0.395 e. The number of halogens is 2. The van der Waals surface area contributed by atoms with Crippen LogP contribution in [0.5, 0.6) is 0 Å². The standard InChI is InChI=1S/C19H29F2N3O/c1-19(7-3-15(25-2)4-8-19)24-9-5-14(6-10-24)23-17-12-13(20)11-16(21)18(17)22/h11-12,14-15,23H,3-10,22H2,1-2H3/t15-,19-. The molecule has 1 heterocycles. The molecule has 3 N–H and O–H groups in total. The molecule has 3 rings (SSSR count). The number of hydrogen-bond acceptors (Lipinski definition) is 4. The van der Waals surface area contributed by atoms with E-state index in [1.807, 2.05) is 0 Å². The number of ether oxygens (including phenoxy) is 1. The van der Waals surface area contributed by atoms with Gasteiger partial charge in [-0.2, -0.15) is 0 Å². The second-order valence-electron chi connectivity index (χ2n) is 7.69. The maximum absolute atomic E-state index is 13.6. The molecule has 0 unspecified atom stereocenters. The van der Waals surface area contributed by atoms with Gasteiger partial charge in [0.2, 0.25) is 0 Å².